The van der Waals surface area contributed by atoms with Gasteiger partial charge in [0.2, 0.25) is 0 Å². The Labute approximate surface area is 214 Å². The molecule has 34 heavy (non-hydrogen) atoms. The van der Waals surface area contributed by atoms with Crippen molar-refractivity contribution in [2.45, 2.75) is 6.61 Å². The number of hydrogen-bond acceptors (Lipinski definition) is 4. The lowest BCUT2D eigenvalue weighted by atomic mass is 10.1. The highest BCUT2D eigenvalue weighted by atomic mass is 79.9. The highest BCUT2D eigenvalue weighted by molar-refractivity contribution is 9.10. The van der Waals surface area contributed by atoms with Crippen molar-refractivity contribution >= 4 is 72.9 Å². The van der Waals surface area contributed by atoms with Gasteiger partial charge in [0.15, 0.2) is 5.17 Å². The molecule has 4 aromatic rings. The number of halogens is 2. The Morgan fingerprint density at radius 1 is 1.00 bits per heavy atom. The number of amidine groups is 1. The minimum Gasteiger partial charge on any atom is -0.488 e. The number of nitrogens with zero attached hydrogens (tertiary/aromatic N) is 1. The Hall–Kier alpha value is -3.06. The van der Waals surface area contributed by atoms with Crippen LogP contribution in [0.15, 0.2) is 99.3 Å². The van der Waals surface area contributed by atoms with Crippen molar-refractivity contribution in [1.29, 1.82) is 0 Å². The number of benzene rings is 4. The van der Waals surface area contributed by atoms with Crippen LogP contribution in [0.2, 0.25) is 5.02 Å². The van der Waals surface area contributed by atoms with Gasteiger partial charge in [0.05, 0.1) is 15.1 Å². The van der Waals surface area contributed by atoms with Crippen LogP contribution in [0.3, 0.4) is 0 Å². The van der Waals surface area contributed by atoms with E-state index in [1.165, 1.54) is 22.5 Å². The van der Waals surface area contributed by atoms with Gasteiger partial charge in [-0.15, -0.1) is 0 Å². The minimum absolute atomic E-state index is 0.182. The summed E-state index contributed by atoms with van der Waals surface area (Å²) < 4.78 is 6.91. The van der Waals surface area contributed by atoms with Gasteiger partial charge in [-0.2, -0.15) is 0 Å². The molecule has 0 spiro atoms. The third-order valence-electron chi connectivity index (χ3n) is 5.21. The average molecular weight is 550 g/mol. The maximum absolute atomic E-state index is 12.4. The second-order valence-corrected chi connectivity index (χ2v) is 9.90. The summed E-state index contributed by atoms with van der Waals surface area (Å²) in [5, 5.41) is 6.29. The SMILES string of the molecule is O=C1NC(=Nc2cccc(Cl)c2)S/C1=C/c1ccc(OCc2cccc3ccccc23)c(Br)c1. The second-order valence-electron chi connectivity index (χ2n) is 7.58. The molecule has 0 radical (unpaired) electrons. The average Bonchev–Trinajstić information content (AvgIpc) is 3.16. The Kier molecular flexibility index (Phi) is 6.72. The summed E-state index contributed by atoms with van der Waals surface area (Å²) in [5.41, 5.74) is 2.69. The maximum Gasteiger partial charge on any atom is 0.264 e. The zero-order valence-electron chi connectivity index (χ0n) is 17.8. The van der Waals surface area contributed by atoms with Gasteiger partial charge in [-0.05, 0) is 86.0 Å². The lowest BCUT2D eigenvalue weighted by Gasteiger charge is -2.11. The van der Waals surface area contributed by atoms with Crippen molar-refractivity contribution in [1.82, 2.24) is 5.32 Å². The number of ether oxygens (including phenoxy) is 1. The summed E-state index contributed by atoms with van der Waals surface area (Å²) in [4.78, 5) is 17.4. The van der Waals surface area contributed by atoms with Crippen molar-refractivity contribution in [3.63, 3.8) is 0 Å². The molecule has 0 atom stereocenters. The number of aliphatic imine (C=N–C) groups is 1. The number of fused-ring (bicyclic) bond motifs is 1. The Balaban J connectivity index is 1.30. The predicted octanol–water partition coefficient (Wildman–Crippen LogP) is 7.73. The molecule has 1 amide bonds. The van der Waals surface area contributed by atoms with Gasteiger partial charge >= 0.3 is 0 Å². The molecule has 1 fully saturated rings. The normalized spacial score (nSPS) is 15.8. The smallest absolute Gasteiger partial charge is 0.264 e. The fourth-order valence-electron chi connectivity index (χ4n) is 3.59. The van der Waals surface area contributed by atoms with Crippen molar-refractivity contribution in [2.75, 3.05) is 0 Å². The van der Waals surface area contributed by atoms with Crippen molar-refractivity contribution in [3.05, 3.63) is 110 Å². The van der Waals surface area contributed by atoms with Crippen LogP contribution in [0.4, 0.5) is 5.69 Å². The molecule has 1 saturated heterocycles. The van der Waals surface area contributed by atoms with E-state index in [2.05, 4.69) is 50.5 Å². The zero-order chi connectivity index (χ0) is 23.5. The molecule has 0 aliphatic carbocycles. The fourth-order valence-corrected chi connectivity index (χ4v) is 5.13. The number of amides is 1. The van der Waals surface area contributed by atoms with Gasteiger partial charge in [-0.3, -0.25) is 4.79 Å². The highest BCUT2D eigenvalue weighted by Crippen LogP contribution is 2.32. The van der Waals surface area contributed by atoms with E-state index in [-0.39, 0.29) is 5.91 Å². The van der Waals surface area contributed by atoms with Crippen LogP contribution in [0.25, 0.3) is 16.8 Å². The van der Waals surface area contributed by atoms with Gasteiger partial charge < -0.3 is 10.1 Å². The molecule has 1 aliphatic heterocycles. The molecule has 1 N–H and O–H groups in total. The molecule has 0 bridgehead atoms. The maximum atomic E-state index is 12.4. The van der Waals surface area contributed by atoms with Crippen molar-refractivity contribution < 1.29 is 9.53 Å². The first-order valence-electron chi connectivity index (χ1n) is 10.5. The summed E-state index contributed by atoms with van der Waals surface area (Å²) in [7, 11) is 0. The molecule has 4 nitrogen and oxygen atoms in total. The van der Waals surface area contributed by atoms with E-state index in [1.807, 2.05) is 54.6 Å². The monoisotopic (exact) mass is 548 g/mol. The number of thioether (sulfide) groups is 1. The quantitative estimate of drug-likeness (QED) is 0.259. The molecular formula is C27H18BrClN2O2S. The minimum atomic E-state index is -0.182. The van der Waals surface area contributed by atoms with Crippen LogP contribution in [0, 0.1) is 0 Å². The lowest BCUT2D eigenvalue weighted by Crippen LogP contribution is -2.19. The predicted molar refractivity (Wildman–Crippen MR) is 145 cm³/mol. The topological polar surface area (TPSA) is 50.7 Å². The molecule has 1 heterocycles. The van der Waals surface area contributed by atoms with Gasteiger partial charge in [0.1, 0.15) is 12.4 Å². The van der Waals surface area contributed by atoms with Crippen LogP contribution in [0.5, 0.6) is 5.75 Å². The van der Waals surface area contributed by atoms with E-state index in [1.54, 1.807) is 12.1 Å². The Morgan fingerprint density at radius 3 is 2.68 bits per heavy atom. The largest absolute Gasteiger partial charge is 0.488 e. The van der Waals surface area contributed by atoms with Crippen molar-refractivity contribution in [3.8, 4) is 5.75 Å². The molecule has 4 aromatic carbocycles. The number of rotatable bonds is 5. The first-order valence-corrected chi connectivity index (χ1v) is 12.5. The van der Waals surface area contributed by atoms with E-state index >= 15 is 0 Å². The van der Waals surface area contributed by atoms with E-state index in [9.17, 15) is 4.79 Å². The Bertz CT molecular complexity index is 1460. The van der Waals surface area contributed by atoms with E-state index < -0.39 is 0 Å². The molecule has 1 aliphatic rings. The van der Waals surface area contributed by atoms with Crippen LogP contribution in [-0.2, 0) is 11.4 Å². The van der Waals surface area contributed by atoms with Crippen molar-refractivity contribution in [2.24, 2.45) is 4.99 Å². The summed E-state index contributed by atoms with van der Waals surface area (Å²) in [6.45, 7) is 0.460. The van der Waals surface area contributed by atoms with Crippen LogP contribution in [-0.4, -0.2) is 11.1 Å². The summed E-state index contributed by atoms with van der Waals surface area (Å²) in [6.07, 6.45) is 1.83. The number of nitrogens with one attached hydrogen (secondary N) is 1. The highest BCUT2D eigenvalue weighted by Gasteiger charge is 2.24. The second kappa shape index (κ2) is 10.1. The molecule has 0 aromatic heterocycles. The zero-order valence-corrected chi connectivity index (χ0v) is 21.0. The first-order chi connectivity index (χ1) is 16.5. The van der Waals surface area contributed by atoms with E-state index in [4.69, 9.17) is 16.3 Å². The first kappa shape index (κ1) is 22.7. The lowest BCUT2D eigenvalue weighted by molar-refractivity contribution is -0.115. The van der Waals surface area contributed by atoms with E-state index in [0.29, 0.717) is 27.4 Å². The van der Waals surface area contributed by atoms with Crippen LogP contribution >= 0.6 is 39.3 Å². The number of hydrogen-bond donors (Lipinski definition) is 1. The van der Waals surface area contributed by atoms with Crippen LogP contribution < -0.4 is 10.1 Å². The Morgan fingerprint density at radius 2 is 1.82 bits per heavy atom. The standard InChI is InChI=1S/C27H18BrClN2O2S/c28-23-13-17(14-25-26(32)31-27(34-25)30-21-9-4-8-20(29)15-21)11-12-24(23)33-16-19-7-3-6-18-5-1-2-10-22(18)19/h1-15H,16H2,(H,30,31,32)/b25-14+. The van der Waals surface area contributed by atoms with E-state index in [0.717, 1.165) is 21.3 Å². The fraction of sp³-hybridized carbons (Fsp3) is 0.0370. The third-order valence-corrected chi connectivity index (χ3v) is 6.97. The summed E-state index contributed by atoms with van der Waals surface area (Å²) in [5.74, 6) is 0.556. The molecule has 7 heteroatoms. The molecule has 168 valence electrons. The van der Waals surface area contributed by atoms with Crippen LogP contribution in [0.1, 0.15) is 11.1 Å². The number of carbonyl (C=O) groups excluding carboxylic acids is 1. The van der Waals surface area contributed by atoms with Gasteiger partial charge in [-0.25, -0.2) is 4.99 Å². The number of carbonyl (C=O) groups is 1. The molecule has 0 saturated carbocycles. The van der Waals surface area contributed by atoms with Gasteiger partial charge in [0.25, 0.3) is 5.91 Å². The molecule has 5 rings (SSSR count). The van der Waals surface area contributed by atoms with Gasteiger partial charge in [0, 0.05) is 5.02 Å². The molecular weight excluding hydrogens is 532 g/mol. The summed E-state index contributed by atoms with van der Waals surface area (Å²) in [6, 6.07) is 27.4. The third kappa shape index (κ3) is 5.20. The molecule has 0 unspecified atom stereocenters. The summed E-state index contributed by atoms with van der Waals surface area (Å²) >= 11 is 10.9. The van der Waals surface area contributed by atoms with Gasteiger partial charge in [-0.1, -0.05) is 66.2 Å².